The maximum atomic E-state index is 12.3. The summed E-state index contributed by atoms with van der Waals surface area (Å²) in [5.74, 6) is 5.47. The average Bonchev–Trinajstić information content (AvgIpc) is 2.48. The van der Waals surface area contributed by atoms with Crippen molar-refractivity contribution >= 4 is 5.91 Å². The molecule has 4 heteroatoms. The molecular formula is C16H19NO3. The topological polar surface area (TPSA) is 60.8 Å². The van der Waals surface area contributed by atoms with E-state index < -0.39 is 0 Å². The molecule has 0 radical (unpaired) electrons. The lowest BCUT2D eigenvalue weighted by Gasteiger charge is -2.34. The predicted molar refractivity (Wildman–Crippen MR) is 76.1 cm³/mol. The van der Waals surface area contributed by atoms with Gasteiger partial charge in [-0.2, -0.15) is 0 Å². The van der Waals surface area contributed by atoms with Crippen molar-refractivity contribution in [3.8, 4) is 11.8 Å². The number of aliphatic hydroxyl groups excluding tert-OH is 2. The lowest BCUT2D eigenvalue weighted by molar-refractivity contribution is 0.0297. The largest absolute Gasteiger partial charge is 0.393 e. The number of carbonyl (C=O) groups is 1. The fourth-order valence-corrected chi connectivity index (χ4v) is 2.34. The van der Waals surface area contributed by atoms with Crippen molar-refractivity contribution in [1.29, 1.82) is 0 Å². The van der Waals surface area contributed by atoms with Crippen LogP contribution in [0, 0.1) is 17.8 Å². The average molecular weight is 273 g/mol. The first-order chi connectivity index (χ1) is 9.61. The van der Waals surface area contributed by atoms with Gasteiger partial charge in [-0.25, -0.2) is 0 Å². The molecule has 1 amide bonds. The summed E-state index contributed by atoms with van der Waals surface area (Å²) in [6.07, 6.45) is 0.322. The Hall–Kier alpha value is -1.83. The fourth-order valence-electron chi connectivity index (χ4n) is 2.34. The van der Waals surface area contributed by atoms with Gasteiger partial charge in [-0.15, -0.1) is 0 Å². The second-order valence-electron chi connectivity index (χ2n) is 5.12. The lowest BCUT2D eigenvalue weighted by Crippen LogP contribution is -2.44. The van der Waals surface area contributed by atoms with Crippen molar-refractivity contribution in [1.82, 2.24) is 4.90 Å². The molecule has 1 saturated heterocycles. The van der Waals surface area contributed by atoms with Gasteiger partial charge >= 0.3 is 0 Å². The normalized spacial score (nSPS) is 22.1. The molecule has 1 aromatic carbocycles. The molecule has 2 rings (SSSR count). The molecule has 0 spiro atoms. The van der Waals surface area contributed by atoms with Crippen LogP contribution in [-0.4, -0.2) is 46.8 Å². The Morgan fingerprint density at radius 2 is 2.10 bits per heavy atom. The van der Waals surface area contributed by atoms with Crippen LogP contribution in [0.1, 0.15) is 29.3 Å². The Kier molecular flexibility index (Phi) is 4.78. The predicted octanol–water partition coefficient (Wildman–Crippen LogP) is 0.873. The number of hydrogen-bond donors (Lipinski definition) is 2. The van der Waals surface area contributed by atoms with E-state index in [-0.39, 0.29) is 24.5 Å². The van der Waals surface area contributed by atoms with Crippen LogP contribution in [0.4, 0.5) is 0 Å². The number of hydrogen-bond acceptors (Lipinski definition) is 3. The number of rotatable bonds is 1. The Balaban J connectivity index is 2.06. The standard InChI is InChI=1S/C16H19NO3/c1-12-11-17(9-8-15(12)19)16(20)14-6-4-13(5-7-14)3-2-10-18/h4-7,12,15,18-19H,8-11H2,1H3. The van der Waals surface area contributed by atoms with Gasteiger partial charge in [0.1, 0.15) is 6.61 Å². The summed E-state index contributed by atoms with van der Waals surface area (Å²) in [6, 6.07) is 7.05. The summed E-state index contributed by atoms with van der Waals surface area (Å²) in [4.78, 5) is 14.1. The number of nitrogens with zero attached hydrogens (tertiary/aromatic N) is 1. The van der Waals surface area contributed by atoms with E-state index in [0.29, 0.717) is 25.1 Å². The summed E-state index contributed by atoms with van der Waals surface area (Å²) in [7, 11) is 0. The molecule has 0 aromatic heterocycles. The second-order valence-corrected chi connectivity index (χ2v) is 5.12. The van der Waals surface area contributed by atoms with Gasteiger partial charge in [0.25, 0.3) is 5.91 Å². The summed E-state index contributed by atoms with van der Waals surface area (Å²) < 4.78 is 0. The molecule has 2 N–H and O–H groups in total. The number of aliphatic hydroxyl groups is 2. The molecule has 1 aliphatic heterocycles. The maximum Gasteiger partial charge on any atom is 0.253 e. The van der Waals surface area contributed by atoms with Gasteiger partial charge in [0.15, 0.2) is 0 Å². The SMILES string of the molecule is CC1CN(C(=O)c2ccc(C#CCO)cc2)CCC1O. The van der Waals surface area contributed by atoms with Crippen LogP contribution in [0.3, 0.4) is 0 Å². The van der Waals surface area contributed by atoms with Gasteiger partial charge in [0.2, 0.25) is 0 Å². The van der Waals surface area contributed by atoms with Gasteiger partial charge in [-0.3, -0.25) is 4.79 Å². The van der Waals surface area contributed by atoms with Crippen molar-refractivity contribution in [2.24, 2.45) is 5.92 Å². The molecule has 20 heavy (non-hydrogen) atoms. The highest BCUT2D eigenvalue weighted by atomic mass is 16.3. The first kappa shape index (κ1) is 14.6. The minimum absolute atomic E-state index is 0.00887. The van der Waals surface area contributed by atoms with Gasteiger partial charge in [-0.05, 0) is 36.6 Å². The molecule has 0 bridgehead atoms. The monoisotopic (exact) mass is 273 g/mol. The van der Waals surface area contributed by atoms with Gasteiger partial charge in [-0.1, -0.05) is 18.8 Å². The minimum Gasteiger partial charge on any atom is -0.393 e. The summed E-state index contributed by atoms with van der Waals surface area (Å²) >= 11 is 0. The van der Waals surface area contributed by atoms with Crippen LogP contribution < -0.4 is 0 Å². The zero-order valence-corrected chi connectivity index (χ0v) is 11.5. The van der Waals surface area contributed by atoms with Gasteiger partial charge in [0.05, 0.1) is 6.10 Å². The van der Waals surface area contributed by atoms with Gasteiger partial charge in [0, 0.05) is 24.2 Å². The molecular weight excluding hydrogens is 254 g/mol. The molecule has 4 nitrogen and oxygen atoms in total. The van der Waals surface area contributed by atoms with E-state index in [9.17, 15) is 9.90 Å². The van der Waals surface area contributed by atoms with Crippen molar-refractivity contribution in [3.05, 3.63) is 35.4 Å². The Bertz CT molecular complexity index is 527. The van der Waals surface area contributed by atoms with E-state index in [1.165, 1.54) is 0 Å². The molecule has 2 atom stereocenters. The van der Waals surface area contributed by atoms with Gasteiger partial charge < -0.3 is 15.1 Å². The van der Waals surface area contributed by atoms with Crippen LogP contribution in [0.2, 0.25) is 0 Å². The highest BCUT2D eigenvalue weighted by Crippen LogP contribution is 2.18. The summed E-state index contributed by atoms with van der Waals surface area (Å²) in [5, 5.41) is 18.3. The number of amides is 1. The van der Waals surface area contributed by atoms with E-state index >= 15 is 0 Å². The molecule has 0 aliphatic carbocycles. The zero-order valence-electron chi connectivity index (χ0n) is 11.5. The van der Waals surface area contributed by atoms with E-state index in [2.05, 4.69) is 11.8 Å². The lowest BCUT2D eigenvalue weighted by atomic mass is 9.96. The number of likely N-dealkylation sites (tertiary alicyclic amines) is 1. The first-order valence-electron chi connectivity index (χ1n) is 6.79. The fraction of sp³-hybridized carbons (Fsp3) is 0.438. The van der Waals surface area contributed by atoms with Crippen LogP contribution >= 0.6 is 0 Å². The highest BCUT2D eigenvalue weighted by Gasteiger charge is 2.27. The molecule has 1 fully saturated rings. The van der Waals surface area contributed by atoms with E-state index in [1.807, 2.05) is 6.92 Å². The number of piperidine rings is 1. The maximum absolute atomic E-state index is 12.3. The smallest absolute Gasteiger partial charge is 0.253 e. The molecule has 106 valence electrons. The highest BCUT2D eigenvalue weighted by molar-refractivity contribution is 5.94. The minimum atomic E-state index is -0.310. The Labute approximate surface area is 119 Å². The molecule has 1 aromatic rings. The van der Waals surface area contributed by atoms with Crippen molar-refractivity contribution in [3.63, 3.8) is 0 Å². The van der Waals surface area contributed by atoms with E-state index in [1.54, 1.807) is 29.2 Å². The molecule has 2 unspecified atom stereocenters. The third-order valence-electron chi connectivity index (χ3n) is 3.59. The van der Waals surface area contributed by atoms with Crippen molar-refractivity contribution in [2.45, 2.75) is 19.4 Å². The number of carbonyl (C=O) groups excluding carboxylic acids is 1. The van der Waals surface area contributed by atoms with Crippen molar-refractivity contribution in [2.75, 3.05) is 19.7 Å². The quantitative estimate of drug-likeness (QED) is 0.747. The third kappa shape index (κ3) is 3.38. The van der Waals surface area contributed by atoms with Crippen LogP contribution in [0.5, 0.6) is 0 Å². The zero-order chi connectivity index (χ0) is 14.5. The Morgan fingerprint density at radius 1 is 1.40 bits per heavy atom. The van der Waals surface area contributed by atoms with Crippen LogP contribution in [0.25, 0.3) is 0 Å². The third-order valence-corrected chi connectivity index (χ3v) is 3.59. The van der Waals surface area contributed by atoms with Crippen LogP contribution in [-0.2, 0) is 0 Å². The van der Waals surface area contributed by atoms with Crippen LogP contribution in [0.15, 0.2) is 24.3 Å². The molecule has 1 heterocycles. The Morgan fingerprint density at radius 3 is 2.70 bits per heavy atom. The van der Waals surface area contributed by atoms with E-state index in [0.717, 1.165) is 5.56 Å². The summed E-state index contributed by atoms with van der Waals surface area (Å²) in [6.45, 7) is 2.97. The first-order valence-corrected chi connectivity index (χ1v) is 6.79. The molecule has 0 saturated carbocycles. The molecule has 1 aliphatic rings. The summed E-state index contributed by atoms with van der Waals surface area (Å²) in [5.41, 5.74) is 1.40. The van der Waals surface area contributed by atoms with E-state index in [4.69, 9.17) is 5.11 Å². The number of benzene rings is 1. The van der Waals surface area contributed by atoms with Crippen molar-refractivity contribution < 1.29 is 15.0 Å². The second kappa shape index (κ2) is 6.56.